The fourth-order valence-electron chi connectivity index (χ4n) is 2.47. The van der Waals surface area contributed by atoms with E-state index in [0.29, 0.717) is 15.7 Å². The van der Waals surface area contributed by atoms with Crippen LogP contribution in [0.4, 0.5) is 5.69 Å². The van der Waals surface area contributed by atoms with Gasteiger partial charge in [-0.2, -0.15) is 0 Å². The van der Waals surface area contributed by atoms with Crippen LogP contribution in [0.1, 0.15) is 11.3 Å². The van der Waals surface area contributed by atoms with Crippen molar-refractivity contribution in [3.05, 3.63) is 74.6 Å². The summed E-state index contributed by atoms with van der Waals surface area (Å²) in [5.74, 6) is 0.0956. The van der Waals surface area contributed by atoms with Crippen LogP contribution in [0.15, 0.2) is 62.8 Å². The zero-order valence-corrected chi connectivity index (χ0v) is 14.9. The molecule has 0 radical (unpaired) electrons. The van der Waals surface area contributed by atoms with E-state index < -0.39 is 0 Å². The summed E-state index contributed by atoms with van der Waals surface area (Å²) in [5.41, 5.74) is 2.21. The molecule has 0 bridgehead atoms. The van der Waals surface area contributed by atoms with Crippen LogP contribution >= 0.6 is 15.9 Å². The van der Waals surface area contributed by atoms with Crippen LogP contribution in [0.2, 0.25) is 0 Å². The van der Waals surface area contributed by atoms with Crippen LogP contribution < -0.4 is 5.56 Å². The van der Waals surface area contributed by atoms with Gasteiger partial charge in [-0.25, -0.2) is 9.67 Å². The summed E-state index contributed by atoms with van der Waals surface area (Å²) in [6.07, 6.45) is 1.50. The van der Waals surface area contributed by atoms with E-state index in [1.807, 2.05) is 44.3 Å². The highest BCUT2D eigenvalue weighted by molar-refractivity contribution is 9.10. The maximum atomic E-state index is 12.7. The van der Waals surface area contributed by atoms with E-state index in [9.17, 15) is 9.90 Å². The largest absolute Gasteiger partial charge is 0.506 e. The highest BCUT2D eigenvalue weighted by Crippen LogP contribution is 2.26. The molecule has 0 spiro atoms. The van der Waals surface area contributed by atoms with Crippen molar-refractivity contribution >= 4 is 27.8 Å². The number of phenols is 1. The smallest absolute Gasteiger partial charge is 0.297 e. The van der Waals surface area contributed by atoms with Crippen LogP contribution in [0.5, 0.6) is 5.75 Å². The summed E-state index contributed by atoms with van der Waals surface area (Å²) in [5, 5.41) is 10.0. The second kappa shape index (κ2) is 6.49. The Bertz CT molecular complexity index is 972. The van der Waals surface area contributed by atoms with Crippen molar-refractivity contribution in [1.82, 2.24) is 9.36 Å². The van der Waals surface area contributed by atoms with Crippen molar-refractivity contribution < 1.29 is 5.11 Å². The van der Waals surface area contributed by atoms with Gasteiger partial charge in [0.05, 0.1) is 15.9 Å². The van der Waals surface area contributed by atoms with E-state index in [0.717, 1.165) is 11.4 Å². The number of halogens is 1. The number of hydrogen-bond donors (Lipinski definition) is 1. The van der Waals surface area contributed by atoms with Gasteiger partial charge < -0.3 is 5.11 Å². The molecule has 1 aromatic heterocycles. The third kappa shape index (κ3) is 2.80. The molecule has 2 aromatic carbocycles. The van der Waals surface area contributed by atoms with Gasteiger partial charge in [-0.3, -0.25) is 9.48 Å². The zero-order chi connectivity index (χ0) is 17.3. The molecule has 3 aromatic rings. The first-order valence-electron chi connectivity index (χ1n) is 7.36. The van der Waals surface area contributed by atoms with Crippen molar-refractivity contribution in [1.29, 1.82) is 0 Å². The average Bonchev–Trinajstić information content (AvgIpc) is 2.80. The lowest BCUT2D eigenvalue weighted by atomic mass is 10.2. The molecule has 0 saturated heterocycles. The highest BCUT2D eigenvalue weighted by atomic mass is 79.9. The number of nitrogens with zero attached hydrogens (tertiary/aromatic N) is 3. The molecule has 0 aliphatic carbocycles. The number of aliphatic imine (C=N–C) groups is 1. The van der Waals surface area contributed by atoms with Crippen molar-refractivity contribution in [2.75, 3.05) is 0 Å². The molecule has 0 amide bonds. The summed E-state index contributed by atoms with van der Waals surface area (Å²) in [6, 6.07) is 14.7. The van der Waals surface area contributed by atoms with Crippen LogP contribution in [0, 0.1) is 6.92 Å². The fourth-order valence-corrected chi connectivity index (χ4v) is 2.85. The molecule has 0 fully saturated rings. The van der Waals surface area contributed by atoms with E-state index in [1.54, 1.807) is 27.6 Å². The van der Waals surface area contributed by atoms with E-state index >= 15 is 0 Å². The van der Waals surface area contributed by atoms with Crippen molar-refractivity contribution in [2.45, 2.75) is 6.92 Å². The molecule has 0 atom stereocenters. The van der Waals surface area contributed by atoms with E-state index in [2.05, 4.69) is 20.9 Å². The first-order chi connectivity index (χ1) is 11.5. The molecule has 0 unspecified atom stereocenters. The molecule has 0 aliphatic heterocycles. The van der Waals surface area contributed by atoms with Gasteiger partial charge in [0.15, 0.2) is 5.69 Å². The molecule has 1 heterocycles. The third-order valence-corrected chi connectivity index (χ3v) is 4.51. The SMILES string of the molecule is Cc1c(N=Cc2cccc(Br)c2O)c(=O)n(-c2ccccc2)n1C. The minimum atomic E-state index is -0.202. The lowest BCUT2D eigenvalue weighted by molar-refractivity contribution is 0.471. The maximum Gasteiger partial charge on any atom is 0.297 e. The predicted octanol–water partition coefficient (Wildman–Crippen LogP) is 3.70. The van der Waals surface area contributed by atoms with Crippen LogP contribution in [0.25, 0.3) is 5.69 Å². The monoisotopic (exact) mass is 385 g/mol. The third-order valence-electron chi connectivity index (χ3n) is 3.87. The minimum absolute atomic E-state index is 0.0956. The molecule has 24 heavy (non-hydrogen) atoms. The summed E-state index contributed by atoms with van der Waals surface area (Å²) in [4.78, 5) is 17.1. The molecular weight excluding hydrogens is 370 g/mol. The molecule has 0 saturated carbocycles. The van der Waals surface area contributed by atoms with Gasteiger partial charge >= 0.3 is 0 Å². The lowest BCUT2D eigenvalue weighted by Gasteiger charge is -2.07. The number of rotatable bonds is 3. The Labute approximate surface area is 147 Å². The van der Waals surface area contributed by atoms with Gasteiger partial charge in [0.1, 0.15) is 5.75 Å². The van der Waals surface area contributed by atoms with Gasteiger partial charge in [0.2, 0.25) is 0 Å². The molecular formula is C18H16BrN3O2. The summed E-state index contributed by atoms with van der Waals surface area (Å²) < 4.78 is 3.92. The topological polar surface area (TPSA) is 59.5 Å². The van der Waals surface area contributed by atoms with Crippen molar-refractivity contribution in [3.8, 4) is 11.4 Å². The maximum absolute atomic E-state index is 12.7. The minimum Gasteiger partial charge on any atom is -0.506 e. The number of phenolic OH excluding ortho intramolecular Hbond substituents is 1. The molecule has 6 heteroatoms. The number of para-hydroxylation sites is 2. The van der Waals surface area contributed by atoms with Gasteiger partial charge in [-0.15, -0.1) is 0 Å². The summed E-state index contributed by atoms with van der Waals surface area (Å²) >= 11 is 3.27. The normalized spacial score (nSPS) is 11.3. The second-order valence-corrected chi connectivity index (χ2v) is 6.20. The summed E-state index contributed by atoms with van der Waals surface area (Å²) in [6.45, 7) is 1.84. The zero-order valence-electron chi connectivity index (χ0n) is 13.3. The Hall–Kier alpha value is -2.60. The Morgan fingerprint density at radius 3 is 2.54 bits per heavy atom. The Morgan fingerprint density at radius 1 is 1.12 bits per heavy atom. The summed E-state index contributed by atoms with van der Waals surface area (Å²) in [7, 11) is 1.82. The van der Waals surface area contributed by atoms with Gasteiger partial charge in [0, 0.05) is 18.8 Å². The number of benzene rings is 2. The van der Waals surface area contributed by atoms with Gasteiger partial charge in [0.25, 0.3) is 5.56 Å². The van der Waals surface area contributed by atoms with Crippen LogP contribution in [0.3, 0.4) is 0 Å². The first kappa shape index (κ1) is 16.3. The van der Waals surface area contributed by atoms with Gasteiger partial charge in [-0.1, -0.05) is 24.3 Å². The molecule has 3 rings (SSSR count). The Morgan fingerprint density at radius 2 is 1.83 bits per heavy atom. The van der Waals surface area contributed by atoms with E-state index in [4.69, 9.17) is 0 Å². The molecule has 5 nitrogen and oxygen atoms in total. The van der Waals surface area contributed by atoms with Crippen LogP contribution in [-0.2, 0) is 7.05 Å². The predicted molar refractivity (Wildman–Crippen MR) is 98.8 cm³/mol. The van der Waals surface area contributed by atoms with Gasteiger partial charge in [-0.05, 0) is 47.1 Å². The highest BCUT2D eigenvalue weighted by Gasteiger charge is 2.15. The fraction of sp³-hybridized carbons (Fsp3) is 0.111. The number of aromatic nitrogens is 2. The standard InChI is InChI=1S/C18H16BrN3O2/c1-12-16(20-11-13-7-6-10-15(19)17(13)23)18(24)22(21(12)2)14-8-4-3-5-9-14/h3-11,23H,1-2H3. The van der Waals surface area contributed by atoms with E-state index in [-0.39, 0.29) is 11.3 Å². The quantitative estimate of drug-likeness (QED) is 0.698. The second-order valence-electron chi connectivity index (χ2n) is 5.35. The Kier molecular flexibility index (Phi) is 4.40. The molecule has 0 aliphatic rings. The number of hydrogen-bond acceptors (Lipinski definition) is 3. The molecule has 1 N–H and O–H groups in total. The molecule has 122 valence electrons. The Balaban J connectivity index is 2.09. The average molecular weight is 386 g/mol. The number of aromatic hydroxyl groups is 1. The van der Waals surface area contributed by atoms with Crippen molar-refractivity contribution in [2.24, 2.45) is 12.0 Å². The van der Waals surface area contributed by atoms with E-state index in [1.165, 1.54) is 6.21 Å². The van der Waals surface area contributed by atoms with Crippen molar-refractivity contribution in [3.63, 3.8) is 0 Å². The van der Waals surface area contributed by atoms with Crippen LogP contribution in [-0.4, -0.2) is 20.7 Å². The lowest BCUT2D eigenvalue weighted by Crippen LogP contribution is -2.19. The first-order valence-corrected chi connectivity index (χ1v) is 8.15.